The van der Waals surface area contributed by atoms with E-state index in [2.05, 4.69) is 18.9 Å². The highest BCUT2D eigenvalue weighted by atomic mass is 15.2. The second-order valence-electron chi connectivity index (χ2n) is 4.88. The molecule has 3 heteroatoms. The van der Waals surface area contributed by atoms with Crippen LogP contribution in [0.15, 0.2) is 0 Å². The van der Waals surface area contributed by atoms with Crippen LogP contribution in [0.1, 0.15) is 46.0 Å². The third-order valence-electron chi connectivity index (χ3n) is 4.03. The van der Waals surface area contributed by atoms with Crippen molar-refractivity contribution in [3.8, 4) is 0 Å². The Morgan fingerprint density at radius 2 is 1.93 bits per heavy atom. The lowest BCUT2D eigenvalue weighted by Gasteiger charge is -2.37. The summed E-state index contributed by atoms with van der Waals surface area (Å²) in [7, 11) is 2.10. The van der Waals surface area contributed by atoms with Gasteiger partial charge in [0.2, 0.25) is 0 Å². The van der Waals surface area contributed by atoms with Gasteiger partial charge in [-0.3, -0.25) is 10.3 Å². The minimum absolute atomic E-state index is 0.0909. The number of nitrogens with one attached hydrogen (secondary N) is 1. The van der Waals surface area contributed by atoms with Crippen molar-refractivity contribution in [2.75, 3.05) is 7.05 Å². The number of likely N-dealkylation sites (N-methyl/N-ethyl adjacent to an activating group) is 1. The Kier molecular flexibility index (Phi) is 4.58. The van der Waals surface area contributed by atoms with Crippen molar-refractivity contribution in [3.63, 3.8) is 0 Å². The zero-order chi connectivity index (χ0) is 11.4. The SMILES string of the molecule is CCC1CCC(N(C)C(C)C(=N)N)CC1. The van der Waals surface area contributed by atoms with Crippen molar-refractivity contribution in [1.29, 1.82) is 5.41 Å². The van der Waals surface area contributed by atoms with E-state index in [1.807, 2.05) is 6.92 Å². The maximum atomic E-state index is 7.46. The lowest BCUT2D eigenvalue weighted by atomic mass is 9.83. The molecule has 0 saturated heterocycles. The van der Waals surface area contributed by atoms with Crippen LogP contribution >= 0.6 is 0 Å². The van der Waals surface area contributed by atoms with E-state index < -0.39 is 0 Å². The number of hydrogen-bond acceptors (Lipinski definition) is 2. The summed E-state index contributed by atoms with van der Waals surface area (Å²) >= 11 is 0. The topological polar surface area (TPSA) is 53.1 Å². The summed E-state index contributed by atoms with van der Waals surface area (Å²) in [6.45, 7) is 4.31. The van der Waals surface area contributed by atoms with Crippen molar-refractivity contribution in [1.82, 2.24) is 4.90 Å². The highest BCUT2D eigenvalue weighted by Crippen LogP contribution is 2.29. The molecule has 0 aromatic carbocycles. The van der Waals surface area contributed by atoms with Gasteiger partial charge in [0.05, 0.1) is 6.04 Å². The van der Waals surface area contributed by atoms with Gasteiger partial charge in [0, 0.05) is 6.04 Å². The van der Waals surface area contributed by atoms with Gasteiger partial charge in [-0.2, -0.15) is 0 Å². The fraction of sp³-hybridized carbons (Fsp3) is 0.917. The first-order valence-corrected chi connectivity index (χ1v) is 6.12. The van der Waals surface area contributed by atoms with Crippen LogP contribution in [0.4, 0.5) is 0 Å². The van der Waals surface area contributed by atoms with Crippen molar-refractivity contribution in [2.45, 2.75) is 58.0 Å². The zero-order valence-electron chi connectivity index (χ0n) is 10.3. The molecule has 0 aromatic rings. The van der Waals surface area contributed by atoms with Gasteiger partial charge in [0.15, 0.2) is 0 Å². The second-order valence-corrected chi connectivity index (χ2v) is 4.88. The van der Waals surface area contributed by atoms with Gasteiger partial charge in [0.1, 0.15) is 5.84 Å². The van der Waals surface area contributed by atoms with Crippen molar-refractivity contribution in [3.05, 3.63) is 0 Å². The quantitative estimate of drug-likeness (QED) is 0.553. The molecule has 0 spiro atoms. The van der Waals surface area contributed by atoms with E-state index in [-0.39, 0.29) is 11.9 Å². The predicted octanol–water partition coefficient (Wildman–Crippen LogP) is 2.21. The number of hydrogen-bond donors (Lipinski definition) is 2. The summed E-state index contributed by atoms with van der Waals surface area (Å²) in [4.78, 5) is 2.27. The summed E-state index contributed by atoms with van der Waals surface area (Å²) in [5, 5.41) is 7.46. The van der Waals surface area contributed by atoms with E-state index in [1.54, 1.807) is 0 Å². The lowest BCUT2D eigenvalue weighted by molar-refractivity contribution is 0.151. The first-order valence-electron chi connectivity index (χ1n) is 6.12. The summed E-state index contributed by atoms with van der Waals surface area (Å²) in [5.74, 6) is 1.22. The molecular formula is C12H25N3. The molecule has 1 unspecified atom stereocenters. The molecule has 0 amide bonds. The van der Waals surface area contributed by atoms with Crippen LogP contribution in [-0.2, 0) is 0 Å². The standard InChI is InChI=1S/C12H25N3/c1-4-10-5-7-11(8-6-10)15(3)9(2)12(13)14/h9-11H,4-8H2,1-3H3,(H3,13,14). The molecule has 0 radical (unpaired) electrons. The Morgan fingerprint density at radius 3 is 2.33 bits per heavy atom. The minimum Gasteiger partial charge on any atom is -0.386 e. The van der Waals surface area contributed by atoms with E-state index in [0.717, 1.165) is 5.92 Å². The Hall–Kier alpha value is -0.570. The minimum atomic E-state index is 0.0909. The number of nitrogens with zero attached hydrogens (tertiary/aromatic N) is 1. The number of rotatable bonds is 4. The maximum Gasteiger partial charge on any atom is 0.108 e. The van der Waals surface area contributed by atoms with Crippen LogP contribution in [0.5, 0.6) is 0 Å². The molecule has 3 nitrogen and oxygen atoms in total. The molecule has 1 rings (SSSR count). The van der Waals surface area contributed by atoms with Crippen LogP contribution in [0, 0.1) is 11.3 Å². The molecule has 1 saturated carbocycles. The molecule has 1 atom stereocenters. The Balaban J connectivity index is 2.42. The lowest BCUT2D eigenvalue weighted by Crippen LogP contribution is -2.46. The third-order valence-corrected chi connectivity index (χ3v) is 4.03. The van der Waals surface area contributed by atoms with Crippen LogP contribution in [0.2, 0.25) is 0 Å². The van der Waals surface area contributed by atoms with Gasteiger partial charge in [-0.25, -0.2) is 0 Å². The Morgan fingerprint density at radius 1 is 1.40 bits per heavy atom. The monoisotopic (exact) mass is 211 g/mol. The van der Waals surface area contributed by atoms with Gasteiger partial charge in [-0.1, -0.05) is 13.3 Å². The van der Waals surface area contributed by atoms with E-state index >= 15 is 0 Å². The van der Waals surface area contributed by atoms with Gasteiger partial charge in [-0.15, -0.1) is 0 Å². The summed E-state index contributed by atoms with van der Waals surface area (Å²) < 4.78 is 0. The molecule has 88 valence electrons. The first kappa shape index (κ1) is 12.5. The van der Waals surface area contributed by atoms with E-state index in [1.165, 1.54) is 32.1 Å². The van der Waals surface area contributed by atoms with E-state index in [0.29, 0.717) is 6.04 Å². The summed E-state index contributed by atoms with van der Waals surface area (Å²) in [6, 6.07) is 0.722. The molecule has 0 aromatic heterocycles. The van der Waals surface area contributed by atoms with E-state index in [9.17, 15) is 0 Å². The molecule has 1 aliphatic carbocycles. The second kappa shape index (κ2) is 5.50. The molecule has 3 N–H and O–H groups in total. The average molecular weight is 211 g/mol. The Labute approximate surface area is 93.5 Å². The summed E-state index contributed by atoms with van der Waals surface area (Å²) in [6.07, 6.45) is 6.55. The summed E-state index contributed by atoms with van der Waals surface area (Å²) in [5.41, 5.74) is 5.54. The fourth-order valence-corrected chi connectivity index (χ4v) is 2.50. The molecule has 0 bridgehead atoms. The van der Waals surface area contributed by atoms with Crippen molar-refractivity contribution >= 4 is 5.84 Å². The van der Waals surface area contributed by atoms with Crippen LogP contribution in [-0.4, -0.2) is 29.9 Å². The normalized spacial score (nSPS) is 29.1. The first-order chi connectivity index (χ1) is 7.06. The highest BCUT2D eigenvalue weighted by Gasteiger charge is 2.26. The molecule has 1 fully saturated rings. The smallest absolute Gasteiger partial charge is 0.108 e. The molecule has 0 aliphatic heterocycles. The fourth-order valence-electron chi connectivity index (χ4n) is 2.50. The number of amidine groups is 1. The average Bonchev–Trinajstić information content (AvgIpc) is 2.27. The largest absolute Gasteiger partial charge is 0.386 e. The van der Waals surface area contributed by atoms with Crippen molar-refractivity contribution in [2.24, 2.45) is 11.7 Å². The molecular weight excluding hydrogens is 186 g/mol. The van der Waals surface area contributed by atoms with Crippen LogP contribution in [0.3, 0.4) is 0 Å². The van der Waals surface area contributed by atoms with Crippen LogP contribution in [0.25, 0.3) is 0 Å². The van der Waals surface area contributed by atoms with Gasteiger partial charge in [0.25, 0.3) is 0 Å². The van der Waals surface area contributed by atoms with Crippen molar-refractivity contribution < 1.29 is 0 Å². The van der Waals surface area contributed by atoms with Crippen LogP contribution < -0.4 is 5.73 Å². The molecule has 15 heavy (non-hydrogen) atoms. The number of nitrogens with two attached hydrogens (primary N) is 1. The molecule has 0 heterocycles. The Bertz CT molecular complexity index is 207. The van der Waals surface area contributed by atoms with Gasteiger partial charge >= 0.3 is 0 Å². The highest BCUT2D eigenvalue weighted by molar-refractivity contribution is 5.82. The third kappa shape index (κ3) is 3.20. The molecule has 1 aliphatic rings. The van der Waals surface area contributed by atoms with Gasteiger partial charge in [-0.05, 0) is 45.6 Å². The van der Waals surface area contributed by atoms with Gasteiger partial charge < -0.3 is 5.73 Å². The zero-order valence-corrected chi connectivity index (χ0v) is 10.3. The predicted molar refractivity (Wildman–Crippen MR) is 65.2 cm³/mol. The maximum absolute atomic E-state index is 7.46. The van der Waals surface area contributed by atoms with E-state index in [4.69, 9.17) is 11.1 Å².